The molecule has 26 heavy (non-hydrogen) atoms. The van der Waals surface area contributed by atoms with Crippen LogP contribution in [0.15, 0.2) is 22.5 Å². The fourth-order valence-electron chi connectivity index (χ4n) is 2.98. The van der Waals surface area contributed by atoms with Gasteiger partial charge in [0, 0.05) is 18.8 Å². The van der Waals surface area contributed by atoms with E-state index in [1.165, 1.54) is 34.2 Å². The van der Waals surface area contributed by atoms with E-state index in [0.29, 0.717) is 18.8 Å². The molecule has 2 aromatic rings. The predicted octanol–water partition coefficient (Wildman–Crippen LogP) is 3.63. The first-order chi connectivity index (χ1) is 12.4. The summed E-state index contributed by atoms with van der Waals surface area (Å²) in [5, 5.41) is 12.4. The lowest BCUT2D eigenvalue weighted by Gasteiger charge is -2.35. The first-order valence-electron chi connectivity index (χ1n) is 8.64. The number of carbonyl (C=O) groups excluding carboxylic acids is 1. The molecule has 8 heteroatoms. The molecule has 1 aliphatic heterocycles. The number of thioether (sulfide) groups is 1. The van der Waals surface area contributed by atoms with Crippen molar-refractivity contribution in [1.29, 1.82) is 0 Å². The zero-order valence-electron chi connectivity index (χ0n) is 15.5. The molecule has 1 aromatic heterocycles. The van der Waals surface area contributed by atoms with E-state index in [4.69, 9.17) is 4.74 Å². The minimum Gasteiger partial charge on any atom is -0.372 e. The van der Waals surface area contributed by atoms with Gasteiger partial charge in [0.25, 0.3) is 0 Å². The molecule has 0 radical (unpaired) electrons. The van der Waals surface area contributed by atoms with Gasteiger partial charge in [0.05, 0.1) is 18.0 Å². The number of aromatic nitrogens is 2. The van der Waals surface area contributed by atoms with E-state index in [9.17, 15) is 4.79 Å². The van der Waals surface area contributed by atoms with Gasteiger partial charge in [0.15, 0.2) is 4.34 Å². The summed E-state index contributed by atoms with van der Waals surface area (Å²) < 4.78 is 6.47. The Kier molecular flexibility index (Phi) is 6.16. The maximum Gasteiger partial charge on any atom is 0.233 e. The van der Waals surface area contributed by atoms with Crippen LogP contribution in [0, 0.1) is 13.8 Å². The summed E-state index contributed by atoms with van der Waals surface area (Å²) in [4.78, 5) is 14.3. The van der Waals surface area contributed by atoms with Gasteiger partial charge in [0.2, 0.25) is 11.0 Å². The number of carbonyl (C=O) groups is 1. The summed E-state index contributed by atoms with van der Waals surface area (Å²) in [5.74, 6) is 0.494. The predicted molar refractivity (Wildman–Crippen MR) is 106 cm³/mol. The lowest BCUT2D eigenvalue weighted by atomic mass is 10.1. The van der Waals surface area contributed by atoms with Crippen LogP contribution in [0.3, 0.4) is 0 Å². The second-order valence-electron chi connectivity index (χ2n) is 6.66. The Hall–Kier alpha value is -1.64. The molecule has 2 atom stereocenters. The van der Waals surface area contributed by atoms with Crippen LogP contribution in [0.2, 0.25) is 0 Å². The normalized spacial score (nSPS) is 20.2. The Morgan fingerprint density at radius 3 is 2.73 bits per heavy atom. The van der Waals surface area contributed by atoms with Gasteiger partial charge in [-0.25, -0.2) is 0 Å². The summed E-state index contributed by atoms with van der Waals surface area (Å²) in [6.45, 7) is 9.44. The number of rotatable bonds is 5. The largest absolute Gasteiger partial charge is 0.372 e. The van der Waals surface area contributed by atoms with Crippen molar-refractivity contribution < 1.29 is 9.53 Å². The Labute approximate surface area is 162 Å². The number of hydrogen-bond donors (Lipinski definition) is 1. The van der Waals surface area contributed by atoms with Crippen LogP contribution < -0.4 is 5.32 Å². The van der Waals surface area contributed by atoms with Gasteiger partial charge in [-0.15, -0.1) is 10.2 Å². The molecule has 0 unspecified atom stereocenters. The van der Waals surface area contributed by atoms with Gasteiger partial charge in [-0.3, -0.25) is 4.79 Å². The zero-order valence-corrected chi connectivity index (χ0v) is 17.1. The van der Waals surface area contributed by atoms with Crippen molar-refractivity contribution in [3.8, 4) is 0 Å². The van der Waals surface area contributed by atoms with Crippen LogP contribution >= 0.6 is 23.1 Å². The molecule has 0 bridgehead atoms. The minimum absolute atomic E-state index is 0.0859. The number of ether oxygens (including phenoxy) is 1. The van der Waals surface area contributed by atoms with Crippen LogP contribution in [0.1, 0.15) is 25.0 Å². The molecule has 1 amide bonds. The van der Waals surface area contributed by atoms with Crippen LogP contribution in [-0.2, 0) is 9.53 Å². The third-order valence-electron chi connectivity index (χ3n) is 4.12. The Bertz CT molecular complexity index is 770. The highest BCUT2D eigenvalue weighted by atomic mass is 32.2. The van der Waals surface area contributed by atoms with Gasteiger partial charge in [-0.1, -0.05) is 40.8 Å². The molecule has 0 spiro atoms. The lowest BCUT2D eigenvalue weighted by Crippen LogP contribution is -2.48. The second-order valence-corrected chi connectivity index (χ2v) is 8.86. The standard InChI is InChI=1S/C18H24N4O2S2/c1-11-5-6-15(12(2)7-11)19-17-20-21-18(26-17)25-10-16(23)22-8-13(3)24-14(4)9-22/h5-7,13-14H,8-10H2,1-4H3,(H,19,20)/t13-,14+. The quantitative estimate of drug-likeness (QED) is 0.784. The third kappa shape index (κ3) is 4.96. The van der Waals surface area contributed by atoms with E-state index >= 15 is 0 Å². The molecule has 6 nitrogen and oxygen atoms in total. The smallest absolute Gasteiger partial charge is 0.233 e. The molecule has 2 heterocycles. The van der Waals surface area contributed by atoms with Gasteiger partial charge < -0.3 is 15.0 Å². The average Bonchev–Trinajstić information content (AvgIpc) is 3.02. The van der Waals surface area contributed by atoms with Crippen LogP contribution in [0.25, 0.3) is 0 Å². The Balaban J connectivity index is 1.54. The van der Waals surface area contributed by atoms with Crippen molar-refractivity contribution in [1.82, 2.24) is 15.1 Å². The highest BCUT2D eigenvalue weighted by Gasteiger charge is 2.25. The number of anilines is 2. The molecule has 1 aliphatic rings. The lowest BCUT2D eigenvalue weighted by molar-refractivity contribution is -0.140. The van der Waals surface area contributed by atoms with E-state index < -0.39 is 0 Å². The number of nitrogens with one attached hydrogen (secondary N) is 1. The summed E-state index contributed by atoms with van der Waals surface area (Å²) in [7, 11) is 0. The maximum atomic E-state index is 12.4. The summed E-state index contributed by atoms with van der Waals surface area (Å²) in [5.41, 5.74) is 3.42. The number of hydrogen-bond acceptors (Lipinski definition) is 7. The number of benzene rings is 1. The fourth-order valence-corrected chi connectivity index (χ4v) is 4.65. The van der Waals surface area contributed by atoms with Gasteiger partial charge >= 0.3 is 0 Å². The summed E-state index contributed by atoms with van der Waals surface area (Å²) in [6.07, 6.45) is 0.172. The summed E-state index contributed by atoms with van der Waals surface area (Å²) >= 11 is 2.90. The average molecular weight is 393 g/mol. The molecule has 1 fully saturated rings. The zero-order chi connectivity index (χ0) is 18.7. The highest BCUT2D eigenvalue weighted by Crippen LogP contribution is 2.29. The minimum atomic E-state index is 0.0859. The topological polar surface area (TPSA) is 67.4 Å². The second kappa shape index (κ2) is 8.37. The van der Waals surface area contributed by atoms with Gasteiger partial charge in [0.1, 0.15) is 0 Å². The molecule has 0 aliphatic carbocycles. The van der Waals surface area contributed by atoms with Gasteiger partial charge in [-0.05, 0) is 39.3 Å². The summed E-state index contributed by atoms with van der Waals surface area (Å²) in [6, 6.07) is 6.24. The number of amides is 1. The number of nitrogens with zero attached hydrogens (tertiary/aromatic N) is 3. The van der Waals surface area contributed by atoms with Crippen LogP contribution in [0.5, 0.6) is 0 Å². The van der Waals surface area contributed by atoms with E-state index in [1.54, 1.807) is 0 Å². The van der Waals surface area contributed by atoms with Crippen molar-refractivity contribution in [3.63, 3.8) is 0 Å². The molecule has 3 rings (SSSR count). The maximum absolute atomic E-state index is 12.4. The van der Waals surface area contributed by atoms with Crippen LogP contribution in [0.4, 0.5) is 10.8 Å². The van der Waals surface area contributed by atoms with Crippen LogP contribution in [-0.4, -0.2) is 52.1 Å². The van der Waals surface area contributed by atoms with Crippen molar-refractivity contribution in [2.24, 2.45) is 0 Å². The third-order valence-corrected chi connectivity index (χ3v) is 6.08. The molecular weight excluding hydrogens is 368 g/mol. The molecule has 1 N–H and O–H groups in total. The molecule has 1 saturated heterocycles. The number of morpholine rings is 1. The van der Waals surface area contributed by atoms with E-state index in [0.717, 1.165) is 15.2 Å². The fraction of sp³-hybridized carbons (Fsp3) is 0.500. The first kappa shape index (κ1) is 19.1. The van der Waals surface area contributed by atoms with Crippen molar-refractivity contribution >= 4 is 39.8 Å². The van der Waals surface area contributed by atoms with E-state index in [2.05, 4.69) is 41.5 Å². The molecule has 1 aromatic carbocycles. The van der Waals surface area contributed by atoms with Crippen molar-refractivity contribution in [2.75, 3.05) is 24.2 Å². The molecule has 0 saturated carbocycles. The first-order valence-corrected chi connectivity index (χ1v) is 10.4. The number of aryl methyl sites for hydroxylation is 2. The monoisotopic (exact) mass is 392 g/mol. The van der Waals surface area contributed by atoms with Gasteiger partial charge in [-0.2, -0.15) is 0 Å². The molecular formula is C18H24N4O2S2. The Morgan fingerprint density at radius 2 is 2.04 bits per heavy atom. The van der Waals surface area contributed by atoms with Crippen molar-refractivity contribution in [3.05, 3.63) is 29.3 Å². The Morgan fingerprint density at radius 1 is 1.31 bits per heavy atom. The van der Waals surface area contributed by atoms with E-state index in [-0.39, 0.29) is 18.1 Å². The molecule has 140 valence electrons. The van der Waals surface area contributed by atoms with E-state index in [1.807, 2.05) is 24.8 Å². The van der Waals surface area contributed by atoms with Crippen molar-refractivity contribution in [2.45, 2.75) is 44.2 Å². The SMILES string of the molecule is Cc1ccc(Nc2nnc(SCC(=O)N3C[C@@H](C)O[C@@H](C)C3)s2)c(C)c1. The highest BCUT2D eigenvalue weighted by molar-refractivity contribution is 8.01.